The fraction of sp³-hybridized carbons (Fsp3) is 0.842. The first-order valence-corrected chi connectivity index (χ1v) is 11.5. The second-order valence-corrected chi connectivity index (χ2v) is 8.75. The molecule has 2 aliphatic heterocycles. The molecule has 160 valence electrons. The lowest BCUT2D eigenvalue weighted by Gasteiger charge is -2.16. The number of fused-ring (bicyclic) bond motifs is 1. The number of hydrogen-bond donors (Lipinski definition) is 5. The summed E-state index contributed by atoms with van der Waals surface area (Å²) < 4.78 is 0. The Kier molecular flexibility index (Phi) is 10.5. The normalized spacial score (nSPS) is 23.0. The highest BCUT2D eigenvalue weighted by Gasteiger charge is 2.42. The lowest BCUT2D eigenvalue weighted by molar-refractivity contribution is -0.122. The number of thioether (sulfide) groups is 1. The quantitative estimate of drug-likeness (QED) is 0.213. The minimum atomic E-state index is -0.0471. The summed E-state index contributed by atoms with van der Waals surface area (Å²) in [5.41, 5.74) is 0. The van der Waals surface area contributed by atoms with Crippen LogP contribution < -0.4 is 26.6 Å². The van der Waals surface area contributed by atoms with E-state index < -0.39 is 0 Å². The molecular formula is C19H35N5O3S. The van der Waals surface area contributed by atoms with E-state index in [0.29, 0.717) is 31.2 Å². The maximum absolute atomic E-state index is 11.9. The van der Waals surface area contributed by atoms with E-state index in [1.54, 1.807) is 0 Å². The molecule has 0 aromatic heterocycles. The fourth-order valence-corrected chi connectivity index (χ4v) is 5.14. The maximum Gasteiger partial charge on any atom is 0.315 e. The number of likely N-dealkylation sites (N-methyl/N-ethyl adjacent to an activating group) is 1. The molecule has 0 radical (unpaired) electrons. The van der Waals surface area contributed by atoms with Gasteiger partial charge in [0.15, 0.2) is 0 Å². The van der Waals surface area contributed by atoms with E-state index in [1.807, 2.05) is 18.8 Å². The first-order valence-electron chi connectivity index (χ1n) is 10.5. The summed E-state index contributed by atoms with van der Waals surface area (Å²) in [5, 5.41) is 15.2. The summed E-state index contributed by atoms with van der Waals surface area (Å²) in [6.07, 6.45) is 6.75. The third-order valence-corrected chi connectivity index (χ3v) is 6.69. The molecule has 9 heteroatoms. The van der Waals surface area contributed by atoms with Crippen molar-refractivity contribution in [2.75, 3.05) is 32.4 Å². The summed E-state index contributed by atoms with van der Waals surface area (Å²) in [6.45, 7) is 2.13. The van der Waals surface area contributed by atoms with Gasteiger partial charge in [-0.1, -0.05) is 12.8 Å². The molecule has 8 nitrogen and oxygen atoms in total. The number of rotatable bonds is 14. The molecule has 0 aromatic rings. The van der Waals surface area contributed by atoms with Crippen LogP contribution in [0.2, 0.25) is 0 Å². The molecule has 0 aromatic carbocycles. The van der Waals surface area contributed by atoms with Gasteiger partial charge in [-0.25, -0.2) is 4.79 Å². The van der Waals surface area contributed by atoms with Gasteiger partial charge in [-0.2, -0.15) is 11.8 Å². The topological polar surface area (TPSA) is 111 Å². The van der Waals surface area contributed by atoms with Crippen LogP contribution in [0, 0.1) is 0 Å². The molecule has 2 fully saturated rings. The number of amides is 4. The minimum absolute atomic E-state index is 0.0471. The number of urea groups is 1. The maximum atomic E-state index is 11.9. The van der Waals surface area contributed by atoms with Crippen molar-refractivity contribution in [2.24, 2.45) is 0 Å². The largest absolute Gasteiger partial charge is 0.356 e. The van der Waals surface area contributed by atoms with Crippen molar-refractivity contribution in [1.29, 1.82) is 0 Å². The summed E-state index contributed by atoms with van der Waals surface area (Å²) in [7, 11) is 1.86. The Hall–Kier alpha value is -1.48. The number of hydrogen-bond acceptors (Lipinski definition) is 5. The van der Waals surface area contributed by atoms with Crippen LogP contribution in [-0.4, -0.2) is 67.6 Å². The molecular weight excluding hydrogens is 378 g/mol. The van der Waals surface area contributed by atoms with Gasteiger partial charge in [-0.15, -0.1) is 0 Å². The van der Waals surface area contributed by atoms with Gasteiger partial charge in [0.2, 0.25) is 11.8 Å². The Labute approximate surface area is 172 Å². The average molecular weight is 414 g/mol. The molecule has 2 heterocycles. The number of unbranched alkanes of at least 4 members (excludes halogenated alkanes) is 3. The van der Waals surface area contributed by atoms with Crippen molar-refractivity contribution in [3.8, 4) is 0 Å². The predicted molar refractivity (Wildman–Crippen MR) is 112 cm³/mol. The second-order valence-electron chi connectivity index (χ2n) is 7.48. The van der Waals surface area contributed by atoms with Crippen LogP contribution >= 0.6 is 11.8 Å². The van der Waals surface area contributed by atoms with Crippen molar-refractivity contribution < 1.29 is 14.4 Å². The van der Waals surface area contributed by atoms with E-state index >= 15 is 0 Å². The Morgan fingerprint density at radius 1 is 0.964 bits per heavy atom. The van der Waals surface area contributed by atoms with Gasteiger partial charge < -0.3 is 26.6 Å². The lowest BCUT2D eigenvalue weighted by Crippen LogP contribution is -2.36. The zero-order valence-electron chi connectivity index (χ0n) is 16.9. The fourth-order valence-electron chi connectivity index (χ4n) is 3.59. The van der Waals surface area contributed by atoms with E-state index in [0.717, 1.165) is 50.8 Å². The Morgan fingerprint density at radius 3 is 2.43 bits per heavy atom. The molecule has 0 aliphatic carbocycles. The average Bonchev–Trinajstić information content (AvgIpc) is 3.21. The van der Waals surface area contributed by atoms with E-state index in [-0.39, 0.29) is 29.9 Å². The Morgan fingerprint density at radius 2 is 1.68 bits per heavy atom. The first-order chi connectivity index (χ1) is 13.6. The van der Waals surface area contributed by atoms with Gasteiger partial charge in [-0.05, 0) is 32.7 Å². The van der Waals surface area contributed by atoms with Gasteiger partial charge in [0.05, 0.1) is 12.1 Å². The van der Waals surface area contributed by atoms with Crippen LogP contribution in [0.25, 0.3) is 0 Å². The van der Waals surface area contributed by atoms with Gasteiger partial charge in [0, 0.05) is 43.5 Å². The van der Waals surface area contributed by atoms with Gasteiger partial charge >= 0.3 is 6.03 Å². The Balaban J connectivity index is 1.39. The molecule has 2 saturated heterocycles. The molecule has 28 heavy (non-hydrogen) atoms. The Bertz CT molecular complexity index is 520. The molecule has 2 rings (SSSR count). The highest BCUT2D eigenvalue weighted by molar-refractivity contribution is 8.00. The number of nitrogens with one attached hydrogen (secondary N) is 5. The standard InChI is InChI=1S/C19H35N5O3S/c1-20-11-12-22-17(26)8-3-2-6-10-21-16(25)9-5-4-7-15-18-14(13-28-15)23-19(27)24-18/h14-15,18,20H,2-13H2,1H3,(H,21,25)(H,22,26)(H2,23,24,27). The van der Waals surface area contributed by atoms with Crippen molar-refractivity contribution in [3.63, 3.8) is 0 Å². The molecule has 0 saturated carbocycles. The minimum Gasteiger partial charge on any atom is -0.356 e. The van der Waals surface area contributed by atoms with Crippen LogP contribution in [0.1, 0.15) is 51.4 Å². The zero-order valence-corrected chi connectivity index (χ0v) is 17.7. The molecule has 4 amide bonds. The van der Waals surface area contributed by atoms with E-state index in [4.69, 9.17) is 0 Å². The highest BCUT2D eigenvalue weighted by Crippen LogP contribution is 2.33. The van der Waals surface area contributed by atoms with Crippen LogP contribution in [0.15, 0.2) is 0 Å². The molecule has 0 bridgehead atoms. The van der Waals surface area contributed by atoms with Crippen LogP contribution in [0.4, 0.5) is 4.79 Å². The van der Waals surface area contributed by atoms with E-state index in [9.17, 15) is 14.4 Å². The van der Waals surface area contributed by atoms with Gasteiger partial charge in [0.25, 0.3) is 0 Å². The third kappa shape index (κ3) is 8.26. The van der Waals surface area contributed by atoms with Gasteiger partial charge in [-0.3, -0.25) is 9.59 Å². The van der Waals surface area contributed by atoms with Crippen LogP contribution in [0.5, 0.6) is 0 Å². The summed E-state index contributed by atoms with van der Waals surface area (Å²) in [5.74, 6) is 1.18. The lowest BCUT2D eigenvalue weighted by atomic mass is 10.0. The van der Waals surface area contributed by atoms with Crippen molar-refractivity contribution >= 4 is 29.6 Å². The van der Waals surface area contributed by atoms with E-state index in [2.05, 4.69) is 26.6 Å². The monoisotopic (exact) mass is 413 g/mol. The summed E-state index contributed by atoms with van der Waals surface area (Å²) >= 11 is 1.91. The number of carbonyl (C=O) groups is 3. The predicted octanol–water partition coefficient (Wildman–Crippen LogP) is 0.724. The van der Waals surface area contributed by atoms with E-state index in [1.165, 1.54) is 0 Å². The van der Waals surface area contributed by atoms with Crippen LogP contribution in [0.3, 0.4) is 0 Å². The van der Waals surface area contributed by atoms with Crippen molar-refractivity contribution in [3.05, 3.63) is 0 Å². The highest BCUT2D eigenvalue weighted by atomic mass is 32.2. The molecule has 5 N–H and O–H groups in total. The molecule has 0 spiro atoms. The van der Waals surface area contributed by atoms with Crippen LogP contribution in [-0.2, 0) is 9.59 Å². The molecule has 3 unspecified atom stereocenters. The molecule has 2 aliphatic rings. The second kappa shape index (κ2) is 12.9. The molecule has 3 atom stereocenters. The first kappa shape index (κ1) is 22.8. The zero-order chi connectivity index (χ0) is 20.2. The van der Waals surface area contributed by atoms with Gasteiger partial charge in [0.1, 0.15) is 0 Å². The smallest absolute Gasteiger partial charge is 0.315 e. The van der Waals surface area contributed by atoms with Crippen molar-refractivity contribution in [2.45, 2.75) is 68.7 Å². The summed E-state index contributed by atoms with van der Waals surface area (Å²) in [6, 6.07) is 0.469. The summed E-state index contributed by atoms with van der Waals surface area (Å²) in [4.78, 5) is 34.8. The van der Waals surface area contributed by atoms with Crippen molar-refractivity contribution in [1.82, 2.24) is 26.6 Å². The SMILES string of the molecule is CNCCNC(=O)CCCCCNC(=O)CCCCC1SCC2NC(=O)NC21. The number of carbonyl (C=O) groups excluding carboxylic acids is 3. The third-order valence-electron chi connectivity index (χ3n) is 5.18.